The van der Waals surface area contributed by atoms with E-state index in [1.807, 2.05) is 36.9 Å². The summed E-state index contributed by atoms with van der Waals surface area (Å²) < 4.78 is 0. The highest BCUT2D eigenvalue weighted by Crippen LogP contribution is 2.13. The largest absolute Gasteiger partial charge is 0.362 e. The third-order valence-electron chi connectivity index (χ3n) is 3.10. The first-order valence-corrected chi connectivity index (χ1v) is 8.40. The van der Waals surface area contributed by atoms with Gasteiger partial charge in [0.05, 0.1) is 12.0 Å². The molecule has 0 aliphatic rings. The first-order chi connectivity index (χ1) is 10.2. The molecule has 0 amide bonds. The molecule has 0 aliphatic heterocycles. The van der Waals surface area contributed by atoms with E-state index < -0.39 is 0 Å². The summed E-state index contributed by atoms with van der Waals surface area (Å²) in [7, 11) is 0. The molecule has 112 valence electrons. The van der Waals surface area contributed by atoms with E-state index in [1.54, 1.807) is 6.33 Å². The molecule has 1 aromatic carbocycles. The lowest BCUT2D eigenvalue weighted by Crippen LogP contribution is -2.30. The van der Waals surface area contributed by atoms with E-state index >= 15 is 0 Å². The zero-order valence-electron chi connectivity index (χ0n) is 12.3. The van der Waals surface area contributed by atoms with Crippen molar-refractivity contribution in [1.82, 2.24) is 15.3 Å². The van der Waals surface area contributed by atoms with Gasteiger partial charge in [-0.3, -0.25) is 0 Å². The highest BCUT2D eigenvalue weighted by Gasteiger charge is 2.02. The fraction of sp³-hybridized carbons (Fsp3) is 0.333. The number of hydrogen-bond acceptors (Lipinski definition) is 3. The molecule has 0 unspecified atom stereocenters. The molecule has 1 heterocycles. The second-order valence-corrected chi connectivity index (χ2v) is 6.24. The summed E-state index contributed by atoms with van der Waals surface area (Å²) in [6.07, 6.45) is 1.74. The van der Waals surface area contributed by atoms with Crippen LogP contribution in [0.15, 0.2) is 30.6 Å². The number of rotatable bonds is 6. The average Bonchev–Trinajstić information content (AvgIpc) is 2.87. The second-order valence-electron chi connectivity index (χ2n) is 4.72. The van der Waals surface area contributed by atoms with Crippen molar-refractivity contribution < 1.29 is 0 Å². The number of aryl methyl sites for hydroxylation is 2. The smallest absolute Gasteiger partial charge is 0.170 e. The van der Waals surface area contributed by atoms with Gasteiger partial charge in [0.2, 0.25) is 0 Å². The van der Waals surface area contributed by atoms with Crippen LogP contribution in [0.4, 0.5) is 5.69 Å². The molecule has 0 bridgehead atoms. The maximum absolute atomic E-state index is 5.30. The number of H-pyrrole nitrogens is 1. The molecule has 6 heteroatoms. The van der Waals surface area contributed by atoms with E-state index in [-0.39, 0.29) is 0 Å². The molecule has 21 heavy (non-hydrogen) atoms. The normalized spacial score (nSPS) is 10.4. The SMILES string of the molecule is Cc1ccccc1NC(=S)NCCSCc1nc[nH]c1C. The Balaban J connectivity index is 1.64. The van der Waals surface area contributed by atoms with Gasteiger partial charge < -0.3 is 15.6 Å². The standard InChI is InChI=1S/C15H20N4S2/c1-11-5-3-4-6-13(11)19-15(20)16-7-8-21-9-14-12(2)17-10-18-14/h3-6,10H,7-9H2,1-2H3,(H,17,18)(H2,16,19,20). The Bertz CT molecular complexity index is 595. The first-order valence-electron chi connectivity index (χ1n) is 6.84. The van der Waals surface area contributed by atoms with Crippen LogP contribution in [0.1, 0.15) is 17.0 Å². The van der Waals surface area contributed by atoms with Crippen LogP contribution >= 0.6 is 24.0 Å². The Morgan fingerprint density at radius 3 is 2.86 bits per heavy atom. The fourth-order valence-electron chi connectivity index (χ4n) is 1.82. The minimum absolute atomic E-state index is 0.667. The van der Waals surface area contributed by atoms with E-state index in [0.717, 1.165) is 35.1 Å². The fourth-order valence-corrected chi connectivity index (χ4v) is 2.91. The van der Waals surface area contributed by atoms with Crippen molar-refractivity contribution in [1.29, 1.82) is 0 Å². The summed E-state index contributed by atoms with van der Waals surface area (Å²) >= 11 is 7.14. The molecule has 0 fully saturated rings. The lowest BCUT2D eigenvalue weighted by molar-refractivity contribution is 0.988. The summed E-state index contributed by atoms with van der Waals surface area (Å²) in [6, 6.07) is 8.11. The van der Waals surface area contributed by atoms with Crippen LogP contribution in [0.3, 0.4) is 0 Å². The van der Waals surface area contributed by atoms with Crippen molar-refractivity contribution >= 4 is 34.8 Å². The summed E-state index contributed by atoms with van der Waals surface area (Å²) in [5, 5.41) is 7.11. The van der Waals surface area contributed by atoms with Crippen molar-refractivity contribution in [2.75, 3.05) is 17.6 Å². The summed E-state index contributed by atoms with van der Waals surface area (Å²) in [5.41, 5.74) is 4.51. The van der Waals surface area contributed by atoms with Crippen LogP contribution in [-0.4, -0.2) is 27.4 Å². The van der Waals surface area contributed by atoms with E-state index in [4.69, 9.17) is 12.2 Å². The third-order valence-corrected chi connectivity index (χ3v) is 4.32. The van der Waals surface area contributed by atoms with Crippen LogP contribution in [0.25, 0.3) is 0 Å². The lowest BCUT2D eigenvalue weighted by atomic mass is 10.2. The Labute approximate surface area is 135 Å². The van der Waals surface area contributed by atoms with Crippen molar-refractivity contribution in [3.8, 4) is 0 Å². The molecule has 2 aromatic rings. The highest BCUT2D eigenvalue weighted by atomic mass is 32.2. The van der Waals surface area contributed by atoms with E-state index in [0.29, 0.717) is 5.11 Å². The zero-order valence-corrected chi connectivity index (χ0v) is 13.9. The minimum Gasteiger partial charge on any atom is -0.362 e. The topological polar surface area (TPSA) is 52.7 Å². The van der Waals surface area contributed by atoms with Crippen LogP contribution in [-0.2, 0) is 5.75 Å². The molecule has 3 N–H and O–H groups in total. The number of anilines is 1. The minimum atomic E-state index is 0.667. The van der Waals surface area contributed by atoms with E-state index in [2.05, 4.69) is 33.6 Å². The van der Waals surface area contributed by atoms with Crippen LogP contribution in [0.2, 0.25) is 0 Å². The van der Waals surface area contributed by atoms with Crippen molar-refractivity contribution in [2.24, 2.45) is 0 Å². The van der Waals surface area contributed by atoms with Crippen molar-refractivity contribution in [3.05, 3.63) is 47.5 Å². The summed E-state index contributed by atoms with van der Waals surface area (Å²) in [6.45, 7) is 4.95. The average molecular weight is 320 g/mol. The van der Waals surface area contributed by atoms with E-state index in [1.165, 1.54) is 5.56 Å². The van der Waals surface area contributed by atoms with Crippen molar-refractivity contribution in [2.45, 2.75) is 19.6 Å². The zero-order chi connectivity index (χ0) is 15.1. The molecule has 0 saturated heterocycles. The molecule has 1 aromatic heterocycles. The van der Waals surface area contributed by atoms with Gasteiger partial charge in [0.15, 0.2) is 5.11 Å². The van der Waals surface area contributed by atoms with Gasteiger partial charge in [0.25, 0.3) is 0 Å². The molecule has 0 radical (unpaired) electrons. The first kappa shape index (κ1) is 15.9. The van der Waals surface area contributed by atoms with Gasteiger partial charge >= 0.3 is 0 Å². The Kier molecular flexibility index (Phi) is 6.07. The lowest BCUT2D eigenvalue weighted by Gasteiger charge is -2.12. The quantitative estimate of drug-likeness (QED) is 0.563. The third kappa shape index (κ3) is 5.06. The van der Waals surface area contributed by atoms with Crippen LogP contribution < -0.4 is 10.6 Å². The summed E-state index contributed by atoms with van der Waals surface area (Å²) in [4.78, 5) is 7.37. The summed E-state index contributed by atoms with van der Waals surface area (Å²) in [5.74, 6) is 1.91. The number of thiocarbonyl (C=S) groups is 1. The molecular weight excluding hydrogens is 300 g/mol. The Hall–Kier alpha value is -1.53. The van der Waals surface area contributed by atoms with Gasteiger partial charge in [-0.1, -0.05) is 18.2 Å². The monoisotopic (exact) mass is 320 g/mol. The number of aromatic nitrogens is 2. The van der Waals surface area contributed by atoms with Gasteiger partial charge in [-0.2, -0.15) is 11.8 Å². The van der Waals surface area contributed by atoms with Crippen molar-refractivity contribution in [3.63, 3.8) is 0 Å². The molecule has 0 atom stereocenters. The van der Waals surface area contributed by atoms with Gasteiger partial charge in [-0.05, 0) is 37.7 Å². The number of nitrogens with one attached hydrogen (secondary N) is 3. The van der Waals surface area contributed by atoms with E-state index in [9.17, 15) is 0 Å². The maximum Gasteiger partial charge on any atom is 0.170 e. The van der Waals surface area contributed by atoms with Gasteiger partial charge in [0, 0.05) is 29.4 Å². The number of imidazole rings is 1. The molecule has 4 nitrogen and oxygen atoms in total. The second kappa shape index (κ2) is 8.05. The highest BCUT2D eigenvalue weighted by molar-refractivity contribution is 7.98. The van der Waals surface area contributed by atoms with Gasteiger partial charge in [-0.25, -0.2) is 4.98 Å². The Morgan fingerprint density at radius 1 is 1.33 bits per heavy atom. The molecule has 0 aliphatic carbocycles. The Morgan fingerprint density at radius 2 is 2.14 bits per heavy atom. The molecule has 0 saturated carbocycles. The number of hydrogen-bond donors (Lipinski definition) is 3. The number of nitrogens with zero attached hydrogens (tertiary/aromatic N) is 1. The van der Waals surface area contributed by atoms with Crippen LogP contribution in [0.5, 0.6) is 0 Å². The molecule has 2 rings (SSSR count). The number of aromatic amines is 1. The predicted molar refractivity (Wildman–Crippen MR) is 94.9 cm³/mol. The number of thioether (sulfide) groups is 1. The molecular formula is C15H20N4S2. The number of benzene rings is 1. The van der Waals surface area contributed by atoms with Crippen LogP contribution in [0, 0.1) is 13.8 Å². The van der Waals surface area contributed by atoms with Gasteiger partial charge in [0.1, 0.15) is 0 Å². The number of para-hydroxylation sites is 1. The van der Waals surface area contributed by atoms with Gasteiger partial charge in [-0.15, -0.1) is 0 Å². The maximum atomic E-state index is 5.30. The predicted octanol–water partition coefficient (Wildman–Crippen LogP) is 3.25. The molecule has 0 spiro atoms.